The van der Waals surface area contributed by atoms with Gasteiger partial charge in [-0.3, -0.25) is 0 Å². The molecule has 0 unspecified atom stereocenters. The van der Waals surface area contributed by atoms with Crippen molar-refractivity contribution < 1.29 is 4.52 Å². The van der Waals surface area contributed by atoms with Crippen molar-refractivity contribution in [3.63, 3.8) is 0 Å². The van der Waals surface area contributed by atoms with Gasteiger partial charge in [0.2, 0.25) is 11.7 Å². The monoisotopic (exact) mass is 403 g/mol. The zero-order chi connectivity index (χ0) is 19.6. The third-order valence-electron chi connectivity index (χ3n) is 4.97. The maximum Gasteiger partial charge on any atom is 0.237 e. The Morgan fingerprint density at radius 1 is 1.03 bits per heavy atom. The highest BCUT2D eigenvalue weighted by Gasteiger charge is 2.30. The lowest BCUT2D eigenvalue weighted by Gasteiger charge is -2.09. The number of hydrogen-bond donors (Lipinski definition) is 0. The molecule has 1 aliphatic rings. The molecular formula is C22H21N5OS. The van der Waals surface area contributed by atoms with Gasteiger partial charge >= 0.3 is 0 Å². The average Bonchev–Trinajstić information content (AvgIpc) is 3.35. The Morgan fingerprint density at radius 2 is 1.83 bits per heavy atom. The highest BCUT2D eigenvalue weighted by molar-refractivity contribution is 7.98. The van der Waals surface area contributed by atoms with Crippen molar-refractivity contribution in [2.24, 2.45) is 0 Å². The van der Waals surface area contributed by atoms with Crippen LogP contribution < -0.4 is 0 Å². The van der Waals surface area contributed by atoms with Crippen LogP contribution in [0.25, 0.3) is 11.4 Å². The first-order chi connectivity index (χ1) is 14.3. The number of aryl methyl sites for hydroxylation is 1. The highest BCUT2D eigenvalue weighted by Crippen LogP contribution is 2.40. The first-order valence-corrected chi connectivity index (χ1v) is 10.7. The molecule has 0 bridgehead atoms. The largest absolute Gasteiger partial charge is 0.338 e. The van der Waals surface area contributed by atoms with Crippen molar-refractivity contribution in [1.29, 1.82) is 0 Å². The van der Waals surface area contributed by atoms with Crippen LogP contribution in [0, 0.1) is 6.92 Å². The molecule has 0 N–H and O–H groups in total. The molecule has 2 aromatic carbocycles. The highest BCUT2D eigenvalue weighted by atomic mass is 32.2. The van der Waals surface area contributed by atoms with Crippen molar-refractivity contribution >= 4 is 11.8 Å². The van der Waals surface area contributed by atoms with E-state index in [1.165, 1.54) is 24.0 Å². The summed E-state index contributed by atoms with van der Waals surface area (Å²) in [6.45, 7) is 2.84. The topological polar surface area (TPSA) is 69.6 Å². The van der Waals surface area contributed by atoms with Gasteiger partial charge in [0.05, 0.1) is 12.3 Å². The summed E-state index contributed by atoms with van der Waals surface area (Å²) in [4.78, 5) is 4.54. The van der Waals surface area contributed by atoms with Crippen LogP contribution in [0.2, 0.25) is 0 Å². The molecule has 5 rings (SSSR count). The number of thioether (sulfide) groups is 1. The fourth-order valence-electron chi connectivity index (χ4n) is 3.22. The summed E-state index contributed by atoms with van der Waals surface area (Å²) in [5, 5.41) is 13.9. The number of nitrogens with zero attached hydrogens (tertiary/aromatic N) is 5. The molecule has 0 aliphatic heterocycles. The van der Waals surface area contributed by atoms with Gasteiger partial charge in [-0.15, -0.1) is 10.2 Å². The van der Waals surface area contributed by atoms with Crippen LogP contribution in [0.3, 0.4) is 0 Å². The third-order valence-corrected chi connectivity index (χ3v) is 5.93. The Morgan fingerprint density at radius 3 is 2.59 bits per heavy atom. The Bertz CT molecular complexity index is 1100. The number of benzene rings is 2. The number of rotatable bonds is 7. The van der Waals surface area contributed by atoms with Crippen LogP contribution in [-0.2, 0) is 12.3 Å². The molecule has 1 aliphatic carbocycles. The fraction of sp³-hybridized carbons (Fsp3) is 0.273. The molecule has 0 radical (unpaired) electrons. The van der Waals surface area contributed by atoms with Crippen molar-refractivity contribution in [3.8, 4) is 11.4 Å². The van der Waals surface area contributed by atoms with Gasteiger partial charge in [-0.2, -0.15) is 4.98 Å². The quantitative estimate of drug-likeness (QED) is 0.411. The molecule has 2 aromatic heterocycles. The lowest BCUT2D eigenvalue weighted by molar-refractivity contribution is 0.391. The molecule has 1 fully saturated rings. The Hall–Kier alpha value is -2.93. The van der Waals surface area contributed by atoms with Gasteiger partial charge in [-0.25, -0.2) is 0 Å². The van der Waals surface area contributed by atoms with Crippen molar-refractivity contribution in [2.45, 2.75) is 43.1 Å². The van der Waals surface area contributed by atoms with E-state index in [1.54, 1.807) is 11.8 Å². The molecule has 29 heavy (non-hydrogen) atoms. The third kappa shape index (κ3) is 4.10. The van der Waals surface area contributed by atoms with E-state index >= 15 is 0 Å². The van der Waals surface area contributed by atoms with E-state index < -0.39 is 0 Å². The van der Waals surface area contributed by atoms with Gasteiger partial charge in [0.1, 0.15) is 5.82 Å². The van der Waals surface area contributed by atoms with Crippen molar-refractivity contribution in [3.05, 3.63) is 77.4 Å². The predicted octanol–water partition coefficient (Wildman–Crippen LogP) is 4.85. The molecule has 0 amide bonds. The summed E-state index contributed by atoms with van der Waals surface area (Å²) < 4.78 is 7.69. The molecular weight excluding hydrogens is 382 g/mol. The molecule has 1 saturated carbocycles. The molecule has 4 aromatic rings. The second-order valence-electron chi connectivity index (χ2n) is 7.35. The minimum absolute atomic E-state index is 0.539. The predicted molar refractivity (Wildman–Crippen MR) is 112 cm³/mol. The molecule has 2 heterocycles. The van der Waals surface area contributed by atoms with Crippen LogP contribution in [0.4, 0.5) is 0 Å². The lowest BCUT2D eigenvalue weighted by atomic mass is 10.1. The maximum absolute atomic E-state index is 5.46. The fourth-order valence-corrected chi connectivity index (χ4v) is 4.01. The van der Waals surface area contributed by atoms with E-state index in [0.717, 1.165) is 23.1 Å². The van der Waals surface area contributed by atoms with Crippen LogP contribution in [-0.4, -0.2) is 24.9 Å². The van der Waals surface area contributed by atoms with E-state index in [-0.39, 0.29) is 0 Å². The van der Waals surface area contributed by atoms with Crippen LogP contribution in [0.5, 0.6) is 0 Å². The second kappa shape index (κ2) is 7.83. The zero-order valence-electron chi connectivity index (χ0n) is 16.2. The minimum atomic E-state index is 0.539. The van der Waals surface area contributed by atoms with E-state index in [2.05, 4.69) is 56.1 Å². The number of aromatic nitrogens is 5. The molecule has 7 heteroatoms. The van der Waals surface area contributed by atoms with Gasteiger partial charge in [0, 0.05) is 11.5 Å². The summed E-state index contributed by atoms with van der Waals surface area (Å²) in [5.74, 6) is 3.40. The summed E-state index contributed by atoms with van der Waals surface area (Å²) in [6.07, 6.45) is 2.39. The Labute approximate surface area is 173 Å². The molecule has 6 nitrogen and oxygen atoms in total. The Kier molecular flexibility index (Phi) is 4.89. The first-order valence-electron chi connectivity index (χ1n) is 9.76. The molecule has 0 saturated heterocycles. The maximum atomic E-state index is 5.46. The normalized spacial score (nSPS) is 13.7. The summed E-state index contributed by atoms with van der Waals surface area (Å²) in [7, 11) is 0. The van der Waals surface area contributed by atoms with Gasteiger partial charge in [0.25, 0.3) is 0 Å². The molecule has 0 spiro atoms. The molecule has 146 valence electrons. The average molecular weight is 404 g/mol. The van der Waals surface area contributed by atoms with E-state index in [1.807, 2.05) is 30.3 Å². The van der Waals surface area contributed by atoms with Crippen molar-refractivity contribution in [1.82, 2.24) is 24.9 Å². The van der Waals surface area contributed by atoms with Gasteiger partial charge in [-0.1, -0.05) is 77.1 Å². The van der Waals surface area contributed by atoms with Gasteiger partial charge in [-0.05, 0) is 25.3 Å². The van der Waals surface area contributed by atoms with Gasteiger partial charge < -0.3 is 9.09 Å². The van der Waals surface area contributed by atoms with E-state index in [0.29, 0.717) is 23.4 Å². The van der Waals surface area contributed by atoms with Gasteiger partial charge in [0.15, 0.2) is 5.16 Å². The smallest absolute Gasteiger partial charge is 0.237 e. The van der Waals surface area contributed by atoms with Crippen molar-refractivity contribution in [2.75, 3.05) is 0 Å². The van der Waals surface area contributed by atoms with Crippen LogP contribution >= 0.6 is 11.8 Å². The number of hydrogen-bond acceptors (Lipinski definition) is 6. The Balaban J connectivity index is 1.33. The van der Waals surface area contributed by atoms with E-state index in [9.17, 15) is 0 Å². The SMILES string of the molecule is Cc1ccc(-c2noc(CSc3nnc(C4CC4)n3Cc3ccccc3)n2)cc1. The summed E-state index contributed by atoms with van der Waals surface area (Å²) in [6, 6.07) is 18.5. The molecule has 0 atom stereocenters. The summed E-state index contributed by atoms with van der Waals surface area (Å²) in [5.41, 5.74) is 3.41. The van der Waals surface area contributed by atoms with Crippen LogP contribution in [0.1, 0.15) is 41.6 Å². The zero-order valence-corrected chi connectivity index (χ0v) is 17.0. The summed E-state index contributed by atoms with van der Waals surface area (Å²) >= 11 is 1.59. The van der Waals surface area contributed by atoms with Crippen LogP contribution in [0.15, 0.2) is 64.3 Å². The first kappa shape index (κ1) is 18.1. The van der Waals surface area contributed by atoms with E-state index in [4.69, 9.17) is 4.52 Å². The minimum Gasteiger partial charge on any atom is -0.338 e. The second-order valence-corrected chi connectivity index (χ2v) is 8.30. The standard InChI is InChI=1S/C22H21N5OS/c1-15-7-9-17(10-8-15)20-23-19(28-26-20)14-29-22-25-24-21(18-11-12-18)27(22)13-16-5-3-2-4-6-16/h2-10,18H,11-14H2,1H3. The lowest BCUT2D eigenvalue weighted by Crippen LogP contribution is -2.06.